The van der Waals surface area contributed by atoms with Crippen LogP contribution in [0.3, 0.4) is 0 Å². The van der Waals surface area contributed by atoms with Crippen molar-refractivity contribution in [3.8, 4) is 0 Å². The van der Waals surface area contributed by atoms with Crippen LogP contribution in [-0.4, -0.2) is 56.7 Å². The number of aliphatic imine (C=N–C) groups is 1. The van der Waals surface area contributed by atoms with Gasteiger partial charge in [0.2, 0.25) is 10.0 Å². The van der Waals surface area contributed by atoms with E-state index in [0.29, 0.717) is 24.9 Å². The molecule has 1 aliphatic rings. The number of piperidine rings is 1. The maximum Gasteiger partial charge on any atom is 0.214 e. The normalized spacial score (nSPS) is 17.7. The van der Waals surface area contributed by atoms with E-state index in [9.17, 15) is 8.42 Å². The van der Waals surface area contributed by atoms with Gasteiger partial charge in [0.15, 0.2) is 5.96 Å². The van der Waals surface area contributed by atoms with Gasteiger partial charge in [-0.25, -0.2) is 12.7 Å². The first-order valence-electron chi connectivity index (χ1n) is 9.70. The zero-order valence-electron chi connectivity index (χ0n) is 17.2. The number of rotatable bonds is 8. The van der Waals surface area contributed by atoms with Crippen molar-refractivity contribution in [2.24, 2.45) is 10.4 Å². The van der Waals surface area contributed by atoms with Gasteiger partial charge in [0.1, 0.15) is 0 Å². The maximum atomic E-state index is 12.1. The number of hydrogen-bond acceptors (Lipinski definition) is 3. The molecule has 6 nitrogen and oxygen atoms in total. The molecule has 0 aromatic heterocycles. The number of nitrogens with zero attached hydrogens (tertiary/aromatic N) is 2. The lowest BCUT2D eigenvalue weighted by Gasteiger charge is -2.32. The zero-order chi connectivity index (χ0) is 18.9. The Hall–Kier alpha value is -0.0900. The molecule has 0 radical (unpaired) electrons. The first-order chi connectivity index (χ1) is 11.7. The van der Waals surface area contributed by atoms with Crippen LogP contribution in [0.5, 0.6) is 0 Å². The van der Waals surface area contributed by atoms with Gasteiger partial charge in [-0.05, 0) is 44.4 Å². The van der Waals surface area contributed by atoms with Crippen LogP contribution in [0.2, 0.25) is 0 Å². The molecular weight excluding hydrogens is 463 g/mol. The molecule has 1 aliphatic heterocycles. The zero-order valence-corrected chi connectivity index (χ0v) is 20.3. The molecule has 0 aromatic carbocycles. The van der Waals surface area contributed by atoms with Gasteiger partial charge in [-0.3, -0.25) is 4.99 Å². The fraction of sp³-hybridized carbons (Fsp3) is 0.944. The molecule has 8 heteroatoms. The third-order valence-corrected chi connectivity index (χ3v) is 6.43. The number of sulfonamides is 1. The van der Waals surface area contributed by atoms with Gasteiger partial charge in [0, 0.05) is 32.2 Å². The van der Waals surface area contributed by atoms with Crippen LogP contribution in [-0.2, 0) is 10.0 Å². The summed E-state index contributed by atoms with van der Waals surface area (Å²) in [6, 6.07) is 0.286. The van der Waals surface area contributed by atoms with Gasteiger partial charge in [-0.2, -0.15) is 0 Å². The van der Waals surface area contributed by atoms with Crippen molar-refractivity contribution in [2.75, 3.05) is 31.9 Å². The molecule has 0 bridgehead atoms. The summed E-state index contributed by atoms with van der Waals surface area (Å²) in [6.07, 6.45) is 4.56. The van der Waals surface area contributed by atoms with E-state index in [1.165, 1.54) is 0 Å². The van der Waals surface area contributed by atoms with Crippen LogP contribution >= 0.6 is 24.0 Å². The van der Waals surface area contributed by atoms with E-state index >= 15 is 0 Å². The Kier molecular flexibility index (Phi) is 12.3. The Labute approximate surface area is 178 Å². The quantitative estimate of drug-likeness (QED) is 0.232. The van der Waals surface area contributed by atoms with Gasteiger partial charge in [0.05, 0.1) is 5.75 Å². The first-order valence-corrected chi connectivity index (χ1v) is 11.3. The largest absolute Gasteiger partial charge is 0.357 e. The summed E-state index contributed by atoms with van der Waals surface area (Å²) in [7, 11) is -3.07. The Morgan fingerprint density at radius 1 is 1.19 bits per heavy atom. The van der Waals surface area contributed by atoms with Crippen molar-refractivity contribution in [2.45, 2.75) is 72.8 Å². The molecule has 26 heavy (non-hydrogen) atoms. The molecule has 0 unspecified atom stereocenters. The molecule has 1 rings (SSSR count). The molecule has 0 atom stereocenters. The number of nitrogens with one attached hydrogen (secondary N) is 2. The van der Waals surface area contributed by atoms with Crippen LogP contribution in [0.15, 0.2) is 4.99 Å². The minimum Gasteiger partial charge on any atom is -0.357 e. The van der Waals surface area contributed by atoms with E-state index in [0.717, 1.165) is 44.7 Å². The summed E-state index contributed by atoms with van der Waals surface area (Å²) in [5.41, 5.74) is 0.345. The second-order valence-corrected chi connectivity index (χ2v) is 10.1. The minimum atomic E-state index is -3.07. The molecule has 1 fully saturated rings. The smallest absolute Gasteiger partial charge is 0.214 e. The van der Waals surface area contributed by atoms with Crippen molar-refractivity contribution in [1.82, 2.24) is 14.9 Å². The van der Waals surface area contributed by atoms with Crippen molar-refractivity contribution < 1.29 is 8.42 Å². The van der Waals surface area contributed by atoms with Crippen LogP contribution in [0, 0.1) is 5.41 Å². The van der Waals surface area contributed by atoms with Crippen molar-refractivity contribution >= 4 is 40.0 Å². The number of guanidine groups is 1. The third kappa shape index (κ3) is 10.3. The molecule has 0 spiro atoms. The lowest BCUT2D eigenvalue weighted by Crippen LogP contribution is -2.50. The summed E-state index contributed by atoms with van der Waals surface area (Å²) in [4.78, 5) is 4.67. The summed E-state index contributed by atoms with van der Waals surface area (Å²) in [5.74, 6) is 1.11. The van der Waals surface area contributed by atoms with Gasteiger partial charge >= 0.3 is 0 Å². The topological polar surface area (TPSA) is 73.8 Å². The lowest BCUT2D eigenvalue weighted by atomic mass is 9.91. The number of halogens is 1. The monoisotopic (exact) mass is 502 g/mol. The van der Waals surface area contributed by atoms with Crippen LogP contribution < -0.4 is 10.6 Å². The van der Waals surface area contributed by atoms with Gasteiger partial charge in [-0.15, -0.1) is 24.0 Å². The Morgan fingerprint density at radius 3 is 2.31 bits per heavy atom. The van der Waals surface area contributed by atoms with Gasteiger partial charge in [-0.1, -0.05) is 27.7 Å². The average Bonchev–Trinajstić information content (AvgIpc) is 2.51. The molecule has 0 aliphatic carbocycles. The second-order valence-electron chi connectivity index (χ2n) is 8.06. The molecule has 2 N–H and O–H groups in total. The Bertz CT molecular complexity index is 510. The van der Waals surface area contributed by atoms with E-state index < -0.39 is 10.0 Å². The molecule has 0 aromatic rings. The third-order valence-electron chi connectivity index (χ3n) is 4.35. The predicted molar refractivity (Wildman–Crippen MR) is 122 cm³/mol. The van der Waals surface area contributed by atoms with Gasteiger partial charge < -0.3 is 10.6 Å². The first kappa shape index (κ1) is 25.9. The molecule has 0 saturated carbocycles. The Morgan fingerprint density at radius 2 is 1.81 bits per heavy atom. The summed E-state index contributed by atoms with van der Waals surface area (Å²) in [6.45, 7) is 13.6. The molecular formula is C18H39IN4O2S. The van der Waals surface area contributed by atoms with E-state index in [2.05, 4.69) is 43.3 Å². The molecule has 156 valence electrons. The SMILES string of the molecule is CCCS(=O)(=O)N1CCC(NC(=NCCCC(C)(C)C)NCC)CC1.I. The van der Waals surface area contributed by atoms with Crippen LogP contribution in [0.25, 0.3) is 0 Å². The molecule has 1 saturated heterocycles. The van der Waals surface area contributed by atoms with Crippen molar-refractivity contribution in [3.63, 3.8) is 0 Å². The fourth-order valence-corrected chi connectivity index (χ4v) is 4.52. The van der Waals surface area contributed by atoms with Crippen LogP contribution in [0.1, 0.15) is 66.7 Å². The van der Waals surface area contributed by atoms with E-state index in [4.69, 9.17) is 0 Å². The molecule has 0 amide bonds. The molecule has 1 heterocycles. The second kappa shape index (κ2) is 12.4. The highest BCUT2D eigenvalue weighted by Gasteiger charge is 2.27. The summed E-state index contributed by atoms with van der Waals surface area (Å²) in [5, 5.41) is 6.77. The summed E-state index contributed by atoms with van der Waals surface area (Å²) >= 11 is 0. The maximum absolute atomic E-state index is 12.1. The highest BCUT2D eigenvalue weighted by Crippen LogP contribution is 2.20. The fourth-order valence-electron chi connectivity index (χ4n) is 2.98. The Balaban J connectivity index is 0.00000625. The predicted octanol–water partition coefficient (Wildman–Crippen LogP) is 3.19. The minimum absolute atomic E-state index is 0. The van der Waals surface area contributed by atoms with Crippen molar-refractivity contribution in [1.29, 1.82) is 0 Å². The van der Waals surface area contributed by atoms with Crippen molar-refractivity contribution in [3.05, 3.63) is 0 Å². The van der Waals surface area contributed by atoms with Crippen LogP contribution in [0.4, 0.5) is 0 Å². The number of hydrogen-bond donors (Lipinski definition) is 2. The highest BCUT2D eigenvalue weighted by molar-refractivity contribution is 14.0. The average molecular weight is 503 g/mol. The van der Waals surface area contributed by atoms with E-state index in [1.54, 1.807) is 4.31 Å². The van der Waals surface area contributed by atoms with Gasteiger partial charge in [0.25, 0.3) is 0 Å². The van der Waals surface area contributed by atoms with E-state index in [-0.39, 0.29) is 35.8 Å². The lowest BCUT2D eigenvalue weighted by molar-refractivity contribution is 0.306. The highest BCUT2D eigenvalue weighted by atomic mass is 127. The standard InChI is InChI=1S/C18H38N4O2S.HI/c1-6-15-25(23,24)22-13-9-16(10-14-22)21-17(19-7-2)20-12-8-11-18(3,4)5;/h16H,6-15H2,1-5H3,(H2,19,20,21);1H. The van der Waals surface area contributed by atoms with E-state index in [1.807, 2.05) is 6.92 Å². The summed E-state index contributed by atoms with van der Waals surface area (Å²) < 4.78 is 25.9.